The standard InChI is InChI=1S/C12H18O2.C8H20O3Si.C8H16O2S.C6H14O2.C5H14OSi.C4H12OSi.C4H10O.19CH4/c1-3-10-7-5-6-8-12(10)14-9-11(13)4-2;1-5-8(9)6-11-7-12(3,4)10-2;1-4-10-8(9)7(3)6-11-5-2;1-3-6(7)5-8-4-2;1-5-7(3,4)6-2;1-5-6(2,3)4;1-3-5-4-2;;;;;;;;;;;;;;;;;;;/h5-8,11,13H,3-4,9H2,1-2H3;8-9H,5-7H2,1-4H3;7H,4-6H2,1-3H3;6-7H,3-5H2,1-2H3;5H2,1-4H3;1-4H3;3-4H2,1-2H3;19*1H4. The number of ether oxygens (including phenoxy) is 5. The average molecular weight is 1280 g/mol. The molecule has 0 aliphatic heterocycles. The SMILES string of the molecule is C.C.C.C.C.C.C.C.C.C.C.C.C.C.C.C.C.C.C.CCC(O)COC[Si](C)(C)OC.CCOC(=O)C(C)CSCC.CCOCC.CCOCC(O)CC.CC[Si](C)(C)OC.CCc1ccccc1OCC(O)CC.CO[Si](C)(C)C. The smallest absolute Gasteiger partial charge is 0.309 e. The van der Waals surface area contributed by atoms with Crippen LogP contribution in [0, 0.1) is 5.92 Å². The van der Waals surface area contributed by atoms with Gasteiger partial charge < -0.3 is 52.3 Å². The fourth-order valence-electron chi connectivity index (χ4n) is 3.23. The summed E-state index contributed by atoms with van der Waals surface area (Å²) in [5.41, 5.74) is 1.19. The van der Waals surface area contributed by atoms with Gasteiger partial charge in [-0.25, -0.2) is 0 Å². The van der Waals surface area contributed by atoms with E-state index in [1.807, 2.05) is 79.7 Å². The van der Waals surface area contributed by atoms with Crippen LogP contribution in [0.1, 0.15) is 242 Å². The molecule has 0 saturated heterocycles. The first kappa shape index (κ1) is 165. The van der Waals surface area contributed by atoms with E-state index < -0.39 is 25.0 Å². The van der Waals surface area contributed by atoms with Crippen LogP contribution in [-0.2, 0) is 43.4 Å². The van der Waals surface area contributed by atoms with Crippen molar-refractivity contribution in [1.29, 1.82) is 0 Å². The summed E-state index contributed by atoms with van der Waals surface area (Å²) >= 11 is 1.77. The quantitative estimate of drug-likeness (QED) is 0.0630. The lowest BCUT2D eigenvalue weighted by Gasteiger charge is -2.20. The Bertz CT molecular complexity index is 1070. The van der Waals surface area contributed by atoms with Crippen molar-refractivity contribution in [3.63, 3.8) is 0 Å². The van der Waals surface area contributed by atoms with E-state index in [0.717, 1.165) is 56.2 Å². The van der Waals surface area contributed by atoms with Gasteiger partial charge in [0, 0.05) is 46.9 Å². The summed E-state index contributed by atoms with van der Waals surface area (Å²) in [4.78, 5) is 11.0. The minimum Gasteiger partial charge on any atom is -0.491 e. The molecule has 12 nitrogen and oxygen atoms in total. The molecule has 0 fully saturated rings. The van der Waals surface area contributed by atoms with Crippen molar-refractivity contribution in [3.05, 3.63) is 29.8 Å². The van der Waals surface area contributed by atoms with Crippen LogP contribution >= 0.6 is 11.8 Å². The van der Waals surface area contributed by atoms with Crippen molar-refractivity contribution in [2.75, 3.05) is 85.3 Å². The van der Waals surface area contributed by atoms with Crippen molar-refractivity contribution in [2.45, 2.75) is 313 Å². The fraction of sp³-hybridized carbons (Fsp3) is 0.894. The molecule has 82 heavy (non-hydrogen) atoms. The van der Waals surface area contributed by atoms with Gasteiger partial charge in [-0.2, -0.15) is 11.8 Å². The average Bonchev–Trinajstić information content (AvgIpc) is 3.27. The van der Waals surface area contributed by atoms with Gasteiger partial charge in [-0.3, -0.25) is 4.79 Å². The number of rotatable bonds is 25. The van der Waals surface area contributed by atoms with E-state index in [-0.39, 0.29) is 171 Å². The molecule has 1 aromatic carbocycles. The maximum absolute atomic E-state index is 11.0. The number of para-hydroxylation sites is 1. The Morgan fingerprint density at radius 2 is 0.829 bits per heavy atom. The molecule has 534 valence electrons. The first-order valence-corrected chi connectivity index (χ1v) is 34.1. The van der Waals surface area contributed by atoms with Gasteiger partial charge >= 0.3 is 5.97 Å². The van der Waals surface area contributed by atoms with Crippen LogP contribution in [-0.4, -0.2) is 150 Å². The third-order valence-electron chi connectivity index (χ3n) is 8.71. The van der Waals surface area contributed by atoms with Gasteiger partial charge in [0.2, 0.25) is 8.32 Å². The van der Waals surface area contributed by atoms with Gasteiger partial charge in [0.05, 0.1) is 50.3 Å². The summed E-state index contributed by atoms with van der Waals surface area (Å²) in [7, 11) is 1.41. The molecule has 0 heterocycles. The highest BCUT2D eigenvalue weighted by Crippen LogP contribution is 2.18. The van der Waals surface area contributed by atoms with Crippen LogP contribution in [0.2, 0.25) is 51.9 Å². The van der Waals surface area contributed by atoms with E-state index in [2.05, 4.69) is 66.6 Å². The first-order chi connectivity index (χ1) is 29.4. The highest BCUT2D eigenvalue weighted by Gasteiger charge is 2.21. The molecule has 3 N–H and O–H groups in total. The van der Waals surface area contributed by atoms with Gasteiger partial charge in [-0.05, 0) is 123 Å². The zero-order chi connectivity index (χ0) is 50.3. The molecule has 0 aliphatic carbocycles. The van der Waals surface area contributed by atoms with Crippen molar-refractivity contribution < 1.29 is 57.1 Å². The Morgan fingerprint density at radius 3 is 1.09 bits per heavy atom. The Kier molecular flexibility index (Phi) is 231. The maximum Gasteiger partial charge on any atom is 0.309 e. The second-order valence-corrected chi connectivity index (χ2v) is 31.1. The van der Waals surface area contributed by atoms with E-state index in [1.54, 1.807) is 33.1 Å². The summed E-state index contributed by atoms with van der Waals surface area (Å²) in [5.74, 6) is 2.79. The van der Waals surface area contributed by atoms with Crippen LogP contribution < -0.4 is 4.74 Å². The van der Waals surface area contributed by atoms with Crippen molar-refractivity contribution in [2.24, 2.45) is 5.92 Å². The summed E-state index contributed by atoms with van der Waals surface area (Å²) in [6.45, 7) is 41.0. The number of aliphatic hydroxyl groups excluding tert-OH is 3. The second kappa shape index (κ2) is 115. The number of carbonyl (C=O) groups is 1. The van der Waals surface area contributed by atoms with E-state index in [9.17, 15) is 15.0 Å². The zero-order valence-corrected chi connectivity index (χ0v) is 48.5. The highest BCUT2D eigenvalue weighted by atomic mass is 32.2. The number of carbonyl (C=O) groups excluding carboxylic acids is 1. The molecule has 1 rings (SSSR count). The first-order valence-electron chi connectivity index (χ1n) is 23.3. The Hall–Kier alpha value is -0.869. The van der Waals surface area contributed by atoms with Crippen molar-refractivity contribution in [3.8, 4) is 5.75 Å². The van der Waals surface area contributed by atoms with Crippen LogP contribution in [0.4, 0.5) is 0 Å². The van der Waals surface area contributed by atoms with Crippen LogP contribution in [0.5, 0.6) is 5.75 Å². The molecule has 0 bridgehead atoms. The largest absolute Gasteiger partial charge is 0.491 e. The Balaban J connectivity index is -0.0000000197. The predicted molar refractivity (Wildman–Crippen MR) is 406 cm³/mol. The van der Waals surface area contributed by atoms with E-state index in [1.165, 1.54) is 11.6 Å². The molecule has 0 spiro atoms. The Labute approximate surface area is 537 Å². The maximum atomic E-state index is 11.0. The van der Waals surface area contributed by atoms with E-state index >= 15 is 0 Å². The number of hydrogen-bond donors (Lipinski definition) is 3. The number of esters is 1. The molecule has 4 atom stereocenters. The van der Waals surface area contributed by atoms with Crippen molar-refractivity contribution in [1.82, 2.24) is 0 Å². The predicted octanol–water partition coefficient (Wildman–Crippen LogP) is 22.8. The lowest BCUT2D eigenvalue weighted by molar-refractivity contribution is -0.146. The minimum atomic E-state index is -1.59. The van der Waals surface area contributed by atoms with Crippen molar-refractivity contribution >= 4 is 42.7 Å². The third kappa shape index (κ3) is 138. The van der Waals surface area contributed by atoms with Crippen LogP contribution in [0.25, 0.3) is 0 Å². The van der Waals surface area contributed by atoms with Gasteiger partial charge in [0.1, 0.15) is 12.4 Å². The molecule has 0 radical (unpaired) electrons. The van der Waals surface area contributed by atoms with Gasteiger partial charge in [0.15, 0.2) is 16.6 Å². The fourth-order valence-corrected chi connectivity index (χ4v) is 4.97. The molecule has 0 aliphatic rings. The van der Waals surface area contributed by atoms with Gasteiger partial charge in [-0.15, -0.1) is 0 Å². The number of aryl methyl sites for hydroxylation is 1. The Morgan fingerprint density at radius 1 is 0.488 bits per heavy atom. The van der Waals surface area contributed by atoms with Crippen LogP contribution in [0.3, 0.4) is 0 Å². The number of benzene rings is 1. The zero-order valence-electron chi connectivity index (χ0n) is 44.6. The minimum absolute atomic E-state index is 0. The highest BCUT2D eigenvalue weighted by molar-refractivity contribution is 7.99. The normalized spacial score (nSPS) is 9.76. The van der Waals surface area contributed by atoms with Gasteiger partial charge in [0.25, 0.3) is 0 Å². The summed E-state index contributed by atoms with van der Waals surface area (Å²) in [6.07, 6.45) is 2.91. The molecular formula is C66H180O12SSi3. The molecule has 4 unspecified atom stereocenters. The number of thioether (sulfide) groups is 1. The summed E-state index contributed by atoms with van der Waals surface area (Å²) < 4.78 is 41.1. The van der Waals surface area contributed by atoms with Gasteiger partial charge in [-0.1, -0.05) is 208 Å². The molecule has 0 saturated carbocycles. The number of hydrogen-bond acceptors (Lipinski definition) is 13. The molecule has 0 amide bonds. The second-order valence-electron chi connectivity index (χ2n) is 16.3. The molecule has 1 aromatic rings. The molecular weight excluding hydrogens is 1100 g/mol. The van der Waals surface area contributed by atoms with Crippen LogP contribution in [0.15, 0.2) is 24.3 Å². The van der Waals surface area contributed by atoms with E-state index in [4.69, 9.17) is 42.1 Å². The summed E-state index contributed by atoms with van der Waals surface area (Å²) in [5, 5.41) is 27.4. The number of aliphatic hydroxyl groups is 3. The molecule has 16 heteroatoms. The monoisotopic (exact) mass is 1280 g/mol. The summed E-state index contributed by atoms with van der Waals surface area (Å²) in [6, 6.07) is 9.16. The molecule has 0 aromatic heterocycles. The lowest BCUT2D eigenvalue weighted by Crippen LogP contribution is -2.36. The third-order valence-corrected chi connectivity index (χ3v) is 15.9. The van der Waals surface area contributed by atoms with E-state index in [0.29, 0.717) is 39.3 Å². The lowest BCUT2D eigenvalue weighted by atomic mass is 10.1. The topological polar surface area (TPSA) is 152 Å².